The lowest BCUT2D eigenvalue weighted by atomic mass is 9.89. The minimum absolute atomic E-state index is 0.00484. The van der Waals surface area contributed by atoms with Crippen LogP contribution < -0.4 is 4.90 Å². The van der Waals surface area contributed by atoms with Gasteiger partial charge in [0.15, 0.2) is 5.78 Å². The summed E-state index contributed by atoms with van der Waals surface area (Å²) in [5.74, 6) is 0.223. The fraction of sp³-hybridized carbons (Fsp3) is 0.550. The van der Waals surface area contributed by atoms with E-state index in [2.05, 4.69) is 0 Å². The molecule has 2 aliphatic rings. The third kappa shape index (κ3) is 4.23. The van der Waals surface area contributed by atoms with Gasteiger partial charge in [0.05, 0.1) is 13.0 Å². The number of carbonyl (C=O) groups is 3. The van der Waals surface area contributed by atoms with Crippen LogP contribution in [-0.4, -0.2) is 47.9 Å². The lowest BCUT2D eigenvalue weighted by molar-refractivity contribution is -0.121. The molecule has 1 aromatic rings. The summed E-state index contributed by atoms with van der Waals surface area (Å²) in [5, 5.41) is 0. The third-order valence-electron chi connectivity index (χ3n) is 4.81. The van der Waals surface area contributed by atoms with Crippen LogP contribution in [0.1, 0.15) is 51.5 Å². The number of carbonyl (C=O) groups excluding carboxylic acids is 3. The number of ether oxygens (including phenoxy) is 1. The molecule has 0 atom stereocenters. The summed E-state index contributed by atoms with van der Waals surface area (Å²) in [6.07, 6.45) is 1.54. The van der Waals surface area contributed by atoms with Crippen LogP contribution in [0.25, 0.3) is 0 Å². The van der Waals surface area contributed by atoms with Crippen LogP contribution in [0.5, 0.6) is 0 Å². The highest BCUT2D eigenvalue weighted by Gasteiger charge is 2.30. The first kappa shape index (κ1) is 18.4. The number of anilines is 1. The monoisotopic (exact) mass is 358 g/mol. The molecule has 3 rings (SSSR count). The molecule has 0 radical (unpaired) electrons. The molecular formula is C20H26N2O4. The van der Waals surface area contributed by atoms with Gasteiger partial charge in [-0.25, -0.2) is 4.79 Å². The molecule has 140 valence electrons. The van der Waals surface area contributed by atoms with Crippen molar-refractivity contribution in [3.05, 3.63) is 29.8 Å². The van der Waals surface area contributed by atoms with E-state index in [-0.39, 0.29) is 30.7 Å². The predicted molar refractivity (Wildman–Crippen MR) is 98.2 cm³/mol. The molecule has 2 fully saturated rings. The van der Waals surface area contributed by atoms with E-state index in [4.69, 9.17) is 4.74 Å². The molecule has 6 heteroatoms. The van der Waals surface area contributed by atoms with Crippen molar-refractivity contribution in [3.63, 3.8) is 0 Å². The summed E-state index contributed by atoms with van der Waals surface area (Å²) in [6.45, 7) is 7.15. The van der Waals surface area contributed by atoms with Gasteiger partial charge in [0.1, 0.15) is 5.60 Å². The SMILES string of the molecule is CC(C)(C)OC(=O)N1CCC(c2ccc(N3CC(=O)CC3=O)cc2)CC1. The van der Waals surface area contributed by atoms with Crippen molar-refractivity contribution in [2.45, 2.75) is 51.6 Å². The maximum Gasteiger partial charge on any atom is 0.410 e. The van der Waals surface area contributed by atoms with Crippen LogP contribution in [0.3, 0.4) is 0 Å². The molecule has 0 bridgehead atoms. The Balaban J connectivity index is 1.57. The zero-order chi connectivity index (χ0) is 18.9. The van der Waals surface area contributed by atoms with Crippen LogP contribution in [0.15, 0.2) is 24.3 Å². The second kappa shape index (κ2) is 7.09. The molecule has 0 aromatic heterocycles. The van der Waals surface area contributed by atoms with E-state index in [0.717, 1.165) is 18.5 Å². The highest BCUT2D eigenvalue weighted by atomic mass is 16.6. The molecule has 0 saturated carbocycles. The average molecular weight is 358 g/mol. The number of amides is 2. The number of Topliss-reactive ketones (excluding diaryl/α,β-unsaturated/α-hetero) is 1. The van der Waals surface area contributed by atoms with Gasteiger partial charge in [-0.3, -0.25) is 9.59 Å². The maximum atomic E-state index is 12.1. The van der Waals surface area contributed by atoms with E-state index in [9.17, 15) is 14.4 Å². The van der Waals surface area contributed by atoms with E-state index in [1.807, 2.05) is 45.0 Å². The Hall–Kier alpha value is -2.37. The number of nitrogens with zero attached hydrogens (tertiary/aromatic N) is 2. The number of hydrogen-bond acceptors (Lipinski definition) is 4. The molecule has 1 aromatic carbocycles. The molecule has 26 heavy (non-hydrogen) atoms. The zero-order valence-corrected chi connectivity index (χ0v) is 15.7. The number of hydrogen-bond donors (Lipinski definition) is 0. The second-order valence-corrected chi connectivity index (χ2v) is 8.03. The molecule has 0 spiro atoms. The van der Waals surface area contributed by atoms with Crippen molar-refractivity contribution in [1.29, 1.82) is 0 Å². The van der Waals surface area contributed by atoms with Crippen LogP contribution in [0.2, 0.25) is 0 Å². The summed E-state index contributed by atoms with van der Waals surface area (Å²) in [5.41, 5.74) is 1.50. The van der Waals surface area contributed by atoms with Crippen molar-refractivity contribution in [1.82, 2.24) is 4.90 Å². The van der Waals surface area contributed by atoms with Gasteiger partial charge in [-0.05, 0) is 57.2 Å². The van der Waals surface area contributed by atoms with Crippen LogP contribution >= 0.6 is 0 Å². The van der Waals surface area contributed by atoms with E-state index < -0.39 is 5.60 Å². The Morgan fingerprint density at radius 2 is 1.69 bits per heavy atom. The lowest BCUT2D eigenvalue weighted by Crippen LogP contribution is -2.41. The zero-order valence-electron chi connectivity index (χ0n) is 15.7. The van der Waals surface area contributed by atoms with Crippen molar-refractivity contribution < 1.29 is 19.1 Å². The molecular weight excluding hydrogens is 332 g/mol. The standard InChI is InChI=1S/C20H26N2O4/c1-20(2,3)26-19(25)21-10-8-15(9-11-21)14-4-6-16(7-5-14)22-13-17(23)12-18(22)24/h4-7,15H,8-13H2,1-3H3. The Labute approximate surface area is 154 Å². The van der Waals surface area contributed by atoms with Gasteiger partial charge in [0, 0.05) is 18.8 Å². The Bertz CT molecular complexity index is 698. The van der Waals surface area contributed by atoms with Gasteiger partial charge < -0.3 is 14.5 Å². The molecule has 2 aliphatic heterocycles. The van der Waals surface area contributed by atoms with Gasteiger partial charge in [-0.2, -0.15) is 0 Å². The molecule has 0 N–H and O–H groups in total. The minimum atomic E-state index is -0.474. The summed E-state index contributed by atoms with van der Waals surface area (Å²) in [6, 6.07) is 7.87. The molecule has 2 amide bonds. The van der Waals surface area contributed by atoms with Crippen molar-refractivity contribution in [2.75, 3.05) is 24.5 Å². The largest absolute Gasteiger partial charge is 0.444 e. The van der Waals surface area contributed by atoms with Crippen molar-refractivity contribution in [3.8, 4) is 0 Å². The van der Waals surface area contributed by atoms with Gasteiger partial charge in [0.2, 0.25) is 5.91 Å². The summed E-state index contributed by atoms with van der Waals surface area (Å²) in [7, 11) is 0. The Morgan fingerprint density at radius 3 is 2.19 bits per heavy atom. The van der Waals surface area contributed by atoms with Crippen molar-refractivity contribution in [2.24, 2.45) is 0 Å². The minimum Gasteiger partial charge on any atom is -0.444 e. The molecule has 2 heterocycles. The van der Waals surface area contributed by atoms with E-state index >= 15 is 0 Å². The highest BCUT2D eigenvalue weighted by molar-refractivity contribution is 6.15. The number of benzene rings is 1. The lowest BCUT2D eigenvalue weighted by Gasteiger charge is -2.33. The Kier molecular flexibility index (Phi) is 5.03. The summed E-state index contributed by atoms with van der Waals surface area (Å²) in [4.78, 5) is 38.7. The fourth-order valence-corrected chi connectivity index (χ4v) is 3.47. The van der Waals surface area contributed by atoms with E-state index in [1.165, 1.54) is 10.5 Å². The number of likely N-dealkylation sites (tertiary alicyclic amines) is 1. The topological polar surface area (TPSA) is 66.9 Å². The number of ketones is 1. The Morgan fingerprint density at radius 1 is 1.08 bits per heavy atom. The molecule has 6 nitrogen and oxygen atoms in total. The van der Waals surface area contributed by atoms with Crippen LogP contribution in [0.4, 0.5) is 10.5 Å². The predicted octanol–water partition coefficient (Wildman–Crippen LogP) is 3.11. The quantitative estimate of drug-likeness (QED) is 0.762. The molecule has 0 aliphatic carbocycles. The summed E-state index contributed by atoms with van der Waals surface area (Å²) < 4.78 is 5.43. The van der Waals surface area contributed by atoms with Gasteiger partial charge in [0.25, 0.3) is 0 Å². The average Bonchev–Trinajstić information content (AvgIpc) is 2.92. The first-order valence-electron chi connectivity index (χ1n) is 9.13. The van der Waals surface area contributed by atoms with Gasteiger partial charge in [-0.1, -0.05) is 12.1 Å². The van der Waals surface area contributed by atoms with Crippen molar-refractivity contribution >= 4 is 23.5 Å². The van der Waals surface area contributed by atoms with E-state index in [0.29, 0.717) is 19.0 Å². The van der Waals surface area contributed by atoms with Crippen LogP contribution in [-0.2, 0) is 14.3 Å². The van der Waals surface area contributed by atoms with Gasteiger partial charge in [-0.15, -0.1) is 0 Å². The van der Waals surface area contributed by atoms with E-state index in [1.54, 1.807) is 4.90 Å². The highest BCUT2D eigenvalue weighted by Crippen LogP contribution is 2.30. The van der Waals surface area contributed by atoms with Crippen LogP contribution in [0, 0.1) is 0 Å². The maximum absolute atomic E-state index is 12.1. The molecule has 0 unspecified atom stereocenters. The number of piperidine rings is 1. The first-order valence-corrected chi connectivity index (χ1v) is 9.13. The smallest absolute Gasteiger partial charge is 0.410 e. The number of rotatable bonds is 2. The third-order valence-corrected chi connectivity index (χ3v) is 4.81. The van der Waals surface area contributed by atoms with Gasteiger partial charge >= 0.3 is 6.09 Å². The first-order chi connectivity index (χ1) is 12.2. The normalized spacial score (nSPS) is 19.2. The summed E-state index contributed by atoms with van der Waals surface area (Å²) >= 11 is 0. The second-order valence-electron chi connectivity index (χ2n) is 8.03. The fourth-order valence-electron chi connectivity index (χ4n) is 3.47. The molecule has 2 saturated heterocycles.